The Kier molecular flexibility index (Phi) is 6.38. The first kappa shape index (κ1) is 17.1. The van der Waals surface area contributed by atoms with Gasteiger partial charge in [0, 0.05) is 36.8 Å². The molecule has 0 unspecified atom stereocenters. The van der Waals surface area contributed by atoms with Crippen molar-refractivity contribution in [2.75, 3.05) is 13.1 Å². The van der Waals surface area contributed by atoms with Gasteiger partial charge in [0.2, 0.25) is 5.91 Å². The van der Waals surface area contributed by atoms with E-state index in [0.717, 1.165) is 44.3 Å². The van der Waals surface area contributed by atoms with E-state index in [1.165, 1.54) is 4.88 Å². The summed E-state index contributed by atoms with van der Waals surface area (Å²) < 4.78 is 5.98. The van der Waals surface area contributed by atoms with Gasteiger partial charge < -0.3 is 9.64 Å². The minimum atomic E-state index is 0.139. The third-order valence-corrected chi connectivity index (χ3v) is 5.27. The molecule has 0 aliphatic carbocycles. The number of aryl methyl sites for hydroxylation is 1. The number of thiophene rings is 1. The normalized spacial score (nSPS) is 17.8. The zero-order valence-electron chi connectivity index (χ0n) is 13.9. The average Bonchev–Trinajstić information content (AvgIpc) is 3.14. The van der Waals surface area contributed by atoms with Crippen LogP contribution in [0.2, 0.25) is 0 Å². The fourth-order valence-electron chi connectivity index (χ4n) is 3.03. The van der Waals surface area contributed by atoms with Gasteiger partial charge in [-0.05, 0) is 48.8 Å². The highest BCUT2D eigenvalue weighted by atomic mass is 32.1. The topological polar surface area (TPSA) is 42.4 Å². The second-order valence-electron chi connectivity index (χ2n) is 6.21. The van der Waals surface area contributed by atoms with E-state index >= 15 is 0 Å². The second kappa shape index (κ2) is 8.94. The lowest BCUT2D eigenvalue weighted by atomic mass is 10.1. The predicted octanol–water partition coefficient (Wildman–Crippen LogP) is 3.67. The van der Waals surface area contributed by atoms with E-state index in [0.29, 0.717) is 13.0 Å². The summed E-state index contributed by atoms with van der Waals surface area (Å²) in [5.41, 5.74) is 1.08. The monoisotopic (exact) mass is 344 g/mol. The Balaban J connectivity index is 1.40. The molecule has 0 radical (unpaired) electrons. The van der Waals surface area contributed by atoms with Crippen molar-refractivity contribution in [3.63, 3.8) is 0 Å². The minimum absolute atomic E-state index is 0.139. The zero-order valence-corrected chi connectivity index (χ0v) is 14.7. The summed E-state index contributed by atoms with van der Waals surface area (Å²) in [6, 6.07) is 8.14. The minimum Gasteiger partial charge on any atom is -0.372 e. The predicted molar refractivity (Wildman–Crippen MR) is 95.9 cm³/mol. The Morgan fingerprint density at radius 1 is 1.38 bits per heavy atom. The Morgan fingerprint density at radius 3 is 3.12 bits per heavy atom. The fraction of sp³-hybridized carbons (Fsp3) is 0.474. The highest BCUT2D eigenvalue weighted by Crippen LogP contribution is 2.17. The molecule has 3 heterocycles. The number of amides is 1. The Morgan fingerprint density at radius 2 is 2.33 bits per heavy atom. The molecule has 24 heavy (non-hydrogen) atoms. The number of carbonyl (C=O) groups is 1. The van der Waals surface area contributed by atoms with Crippen LogP contribution >= 0.6 is 11.3 Å². The van der Waals surface area contributed by atoms with Gasteiger partial charge in [-0.3, -0.25) is 9.78 Å². The second-order valence-corrected chi connectivity index (χ2v) is 7.24. The number of aromatic nitrogens is 1. The van der Waals surface area contributed by atoms with E-state index in [-0.39, 0.29) is 12.0 Å². The number of likely N-dealkylation sites (tertiary alicyclic amines) is 1. The van der Waals surface area contributed by atoms with Crippen LogP contribution in [0.25, 0.3) is 0 Å². The fourth-order valence-corrected chi connectivity index (χ4v) is 3.78. The summed E-state index contributed by atoms with van der Waals surface area (Å²) in [5, 5.41) is 2.09. The number of carbonyl (C=O) groups excluding carboxylic acids is 1. The van der Waals surface area contributed by atoms with Crippen LogP contribution in [0.3, 0.4) is 0 Å². The van der Waals surface area contributed by atoms with Gasteiger partial charge in [0.1, 0.15) is 0 Å². The maximum atomic E-state index is 12.4. The molecule has 1 atom stereocenters. The molecule has 1 aliphatic rings. The van der Waals surface area contributed by atoms with Crippen molar-refractivity contribution in [2.45, 2.75) is 44.8 Å². The van der Waals surface area contributed by atoms with Gasteiger partial charge >= 0.3 is 0 Å². The summed E-state index contributed by atoms with van der Waals surface area (Å²) in [6.45, 7) is 2.15. The van der Waals surface area contributed by atoms with Crippen molar-refractivity contribution in [2.24, 2.45) is 0 Å². The third kappa shape index (κ3) is 5.14. The molecule has 1 fully saturated rings. The van der Waals surface area contributed by atoms with Gasteiger partial charge in [-0.2, -0.15) is 0 Å². The molecule has 2 aromatic heterocycles. The Labute approximate surface area is 147 Å². The van der Waals surface area contributed by atoms with E-state index < -0.39 is 0 Å². The molecular formula is C19H24N2O2S. The number of hydrogen-bond acceptors (Lipinski definition) is 4. The average molecular weight is 344 g/mol. The van der Waals surface area contributed by atoms with E-state index in [1.54, 1.807) is 17.5 Å². The van der Waals surface area contributed by atoms with Crippen molar-refractivity contribution in [3.05, 3.63) is 52.5 Å². The third-order valence-electron chi connectivity index (χ3n) is 4.33. The Hall–Kier alpha value is -1.72. The van der Waals surface area contributed by atoms with E-state index in [4.69, 9.17) is 4.74 Å². The van der Waals surface area contributed by atoms with Gasteiger partial charge in [-0.25, -0.2) is 0 Å². The molecule has 0 bridgehead atoms. The van der Waals surface area contributed by atoms with Crippen LogP contribution < -0.4 is 0 Å². The molecule has 3 rings (SSSR count). The maximum absolute atomic E-state index is 12.4. The van der Waals surface area contributed by atoms with E-state index in [9.17, 15) is 4.79 Å². The lowest BCUT2D eigenvalue weighted by Crippen LogP contribution is -2.43. The number of hydrogen-bond donors (Lipinski definition) is 0. The van der Waals surface area contributed by atoms with Crippen molar-refractivity contribution >= 4 is 17.2 Å². The van der Waals surface area contributed by atoms with Crippen LogP contribution in [0.5, 0.6) is 0 Å². The molecule has 128 valence electrons. The van der Waals surface area contributed by atoms with Crippen molar-refractivity contribution in [1.82, 2.24) is 9.88 Å². The summed E-state index contributed by atoms with van der Waals surface area (Å²) in [7, 11) is 0. The highest BCUT2D eigenvalue weighted by Gasteiger charge is 2.23. The van der Waals surface area contributed by atoms with Gasteiger partial charge in [0.05, 0.1) is 12.7 Å². The lowest BCUT2D eigenvalue weighted by Gasteiger charge is -2.32. The highest BCUT2D eigenvalue weighted by molar-refractivity contribution is 7.09. The summed E-state index contributed by atoms with van der Waals surface area (Å²) in [4.78, 5) is 19.9. The summed E-state index contributed by atoms with van der Waals surface area (Å²) >= 11 is 1.77. The molecule has 2 aromatic rings. The molecule has 1 amide bonds. The molecule has 1 aliphatic heterocycles. The molecule has 4 nitrogen and oxygen atoms in total. The molecule has 0 spiro atoms. The number of piperidine rings is 1. The Bertz CT molecular complexity index is 616. The number of nitrogens with zero attached hydrogens (tertiary/aromatic N) is 2. The maximum Gasteiger partial charge on any atom is 0.222 e. The summed E-state index contributed by atoms with van der Waals surface area (Å²) in [6.07, 6.45) is 8.34. The van der Waals surface area contributed by atoms with Crippen LogP contribution in [-0.2, 0) is 22.6 Å². The first-order valence-electron chi connectivity index (χ1n) is 8.62. The van der Waals surface area contributed by atoms with E-state index in [2.05, 4.69) is 22.5 Å². The quantitative estimate of drug-likeness (QED) is 0.769. The van der Waals surface area contributed by atoms with Crippen molar-refractivity contribution < 1.29 is 9.53 Å². The molecule has 5 heteroatoms. The first-order chi connectivity index (χ1) is 11.8. The first-order valence-corrected chi connectivity index (χ1v) is 9.50. The lowest BCUT2D eigenvalue weighted by molar-refractivity contribution is -0.135. The van der Waals surface area contributed by atoms with Gasteiger partial charge in [-0.15, -0.1) is 11.3 Å². The van der Waals surface area contributed by atoms with Crippen LogP contribution in [0.4, 0.5) is 0 Å². The largest absolute Gasteiger partial charge is 0.372 e. The zero-order chi connectivity index (χ0) is 16.6. The standard InChI is InChI=1S/C19H24N2O2S/c22-19(9-1-7-18-8-4-12-24-18)21-11-3-6-17(14-21)23-15-16-5-2-10-20-13-16/h2,4-5,8,10,12-13,17H,1,3,6-7,9,11,14-15H2/t17-/m0/s1. The van der Waals surface area contributed by atoms with Crippen LogP contribution in [0, 0.1) is 0 Å². The van der Waals surface area contributed by atoms with E-state index in [1.807, 2.05) is 23.2 Å². The molecular weight excluding hydrogens is 320 g/mol. The molecule has 0 aromatic carbocycles. The van der Waals surface area contributed by atoms with Gasteiger partial charge in [0.15, 0.2) is 0 Å². The molecule has 0 N–H and O–H groups in total. The van der Waals surface area contributed by atoms with Crippen molar-refractivity contribution in [1.29, 1.82) is 0 Å². The van der Waals surface area contributed by atoms with Crippen LogP contribution in [0.1, 0.15) is 36.1 Å². The molecule has 1 saturated heterocycles. The SMILES string of the molecule is O=C(CCCc1cccs1)N1CCC[C@H](OCc2cccnc2)C1. The van der Waals surface area contributed by atoms with Gasteiger partial charge in [0.25, 0.3) is 0 Å². The van der Waals surface area contributed by atoms with Crippen LogP contribution in [0.15, 0.2) is 42.0 Å². The van der Waals surface area contributed by atoms with Gasteiger partial charge in [-0.1, -0.05) is 12.1 Å². The number of rotatable bonds is 7. The number of pyridine rings is 1. The smallest absolute Gasteiger partial charge is 0.222 e. The van der Waals surface area contributed by atoms with Crippen molar-refractivity contribution in [3.8, 4) is 0 Å². The summed E-state index contributed by atoms with van der Waals surface area (Å²) in [5.74, 6) is 0.265. The molecule has 0 saturated carbocycles. The number of ether oxygens (including phenoxy) is 1. The van der Waals surface area contributed by atoms with Crippen LogP contribution in [-0.4, -0.2) is 35.0 Å².